The van der Waals surface area contributed by atoms with E-state index in [1.54, 1.807) is 0 Å². The van der Waals surface area contributed by atoms with Crippen LogP contribution in [0.5, 0.6) is 0 Å². The highest BCUT2D eigenvalue weighted by Crippen LogP contribution is 2.15. The van der Waals surface area contributed by atoms with Gasteiger partial charge < -0.3 is 10.1 Å². The Hall–Kier alpha value is -0.560. The lowest BCUT2D eigenvalue weighted by Gasteiger charge is -2.25. The van der Waals surface area contributed by atoms with Crippen LogP contribution >= 0.6 is 0 Å². The Balaban J connectivity index is 2.36. The van der Waals surface area contributed by atoms with Crippen LogP contribution in [0.3, 0.4) is 0 Å². The zero-order chi connectivity index (χ0) is 11.8. The summed E-state index contributed by atoms with van der Waals surface area (Å²) in [6.45, 7) is 9.93. The fraction of sp³-hybridized carbons (Fsp3) is 0.846. The van der Waals surface area contributed by atoms with Crippen molar-refractivity contribution in [2.45, 2.75) is 26.3 Å². The van der Waals surface area contributed by atoms with Gasteiger partial charge in [0.25, 0.3) is 0 Å². The summed E-state index contributed by atoms with van der Waals surface area (Å²) in [5, 5.41) is 3.55. The molecule has 0 aliphatic carbocycles. The van der Waals surface area contributed by atoms with E-state index in [9.17, 15) is 0 Å². The number of hydrogen-bond acceptors (Lipinski definition) is 3. The summed E-state index contributed by atoms with van der Waals surface area (Å²) in [4.78, 5) is 2.31. The maximum absolute atomic E-state index is 5.55. The lowest BCUT2D eigenvalue weighted by Crippen LogP contribution is -2.42. The molecule has 1 saturated heterocycles. The Morgan fingerprint density at radius 2 is 2.25 bits per heavy atom. The van der Waals surface area contributed by atoms with Crippen LogP contribution in [-0.2, 0) is 4.74 Å². The molecule has 0 amide bonds. The molecule has 0 aromatic carbocycles. The summed E-state index contributed by atoms with van der Waals surface area (Å²) >= 11 is 0. The molecule has 0 aromatic heterocycles. The minimum Gasteiger partial charge on any atom is -0.379 e. The highest BCUT2D eigenvalue weighted by atomic mass is 16.5. The molecule has 0 bridgehead atoms. The van der Waals surface area contributed by atoms with E-state index in [0.717, 1.165) is 39.4 Å². The first kappa shape index (κ1) is 13.5. The molecule has 2 atom stereocenters. The van der Waals surface area contributed by atoms with Gasteiger partial charge in [-0.2, -0.15) is 0 Å². The fourth-order valence-electron chi connectivity index (χ4n) is 2.10. The van der Waals surface area contributed by atoms with Crippen LogP contribution in [0.4, 0.5) is 0 Å². The number of nitrogens with one attached hydrogen (secondary N) is 1. The summed E-state index contributed by atoms with van der Waals surface area (Å²) in [7, 11) is 0. The third-order valence-corrected chi connectivity index (χ3v) is 3.11. The smallest absolute Gasteiger partial charge is 0.0623 e. The lowest BCUT2D eigenvalue weighted by atomic mass is 10.0. The van der Waals surface area contributed by atoms with Crippen molar-refractivity contribution in [1.29, 1.82) is 0 Å². The maximum atomic E-state index is 5.55. The Bertz CT molecular complexity index is 224. The van der Waals surface area contributed by atoms with Crippen LogP contribution in [0, 0.1) is 18.3 Å². The van der Waals surface area contributed by atoms with Gasteiger partial charge in [-0.3, -0.25) is 4.90 Å². The van der Waals surface area contributed by atoms with Gasteiger partial charge in [0.1, 0.15) is 0 Å². The van der Waals surface area contributed by atoms with Gasteiger partial charge in [0.05, 0.1) is 19.8 Å². The van der Waals surface area contributed by atoms with Crippen molar-refractivity contribution in [2.24, 2.45) is 5.92 Å². The number of hydrogen-bond donors (Lipinski definition) is 1. The Morgan fingerprint density at radius 3 is 2.88 bits per heavy atom. The fourth-order valence-corrected chi connectivity index (χ4v) is 2.10. The molecule has 1 fully saturated rings. The second-order valence-corrected chi connectivity index (χ2v) is 4.39. The maximum Gasteiger partial charge on any atom is 0.0623 e. The molecule has 16 heavy (non-hydrogen) atoms. The van der Waals surface area contributed by atoms with Crippen LogP contribution < -0.4 is 5.32 Å². The average Bonchev–Trinajstić information content (AvgIpc) is 2.73. The number of terminal acetylenes is 1. The molecule has 1 aliphatic rings. The van der Waals surface area contributed by atoms with Crippen LogP contribution in [0.15, 0.2) is 0 Å². The summed E-state index contributed by atoms with van der Waals surface area (Å²) in [5.41, 5.74) is 0. The van der Waals surface area contributed by atoms with E-state index in [0.29, 0.717) is 12.0 Å². The molecular weight excluding hydrogens is 200 g/mol. The standard InChI is InChI=1S/C13H24N2O/c1-4-7-14-13-11-16-10-12(13)9-15(6-3)8-5-2/h2,12-14H,4,6-11H2,1,3H3. The summed E-state index contributed by atoms with van der Waals surface area (Å²) in [5.74, 6) is 3.30. The largest absolute Gasteiger partial charge is 0.379 e. The Labute approximate surface area is 99.5 Å². The Kier molecular flexibility index (Phi) is 6.47. The van der Waals surface area contributed by atoms with Gasteiger partial charge >= 0.3 is 0 Å². The molecule has 1 aliphatic heterocycles. The molecule has 0 saturated carbocycles. The Morgan fingerprint density at radius 1 is 1.44 bits per heavy atom. The summed E-state index contributed by atoms with van der Waals surface area (Å²) in [6, 6.07) is 0.506. The van der Waals surface area contributed by atoms with E-state index >= 15 is 0 Å². The van der Waals surface area contributed by atoms with E-state index in [1.165, 1.54) is 6.42 Å². The first-order valence-corrected chi connectivity index (χ1v) is 6.28. The first-order chi connectivity index (χ1) is 7.81. The van der Waals surface area contributed by atoms with Crippen molar-refractivity contribution in [2.75, 3.05) is 39.4 Å². The molecule has 2 unspecified atom stereocenters. The average molecular weight is 224 g/mol. The van der Waals surface area contributed by atoms with Gasteiger partial charge in [-0.25, -0.2) is 0 Å². The minimum atomic E-state index is 0.506. The van der Waals surface area contributed by atoms with Crippen LogP contribution in [0.2, 0.25) is 0 Å². The monoisotopic (exact) mass is 224 g/mol. The number of ether oxygens (including phenoxy) is 1. The quantitative estimate of drug-likeness (QED) is 0.652. The van der Waals surface area contributed by atoms with Crippen molar-refractivity contribution in [3.05, 3.63) is 0 Å². The van der Waals surface area contributed by atoms with E-state index < -0.39 is 0 Å². The molecular formula is C13H24N2O. The van der Waals surface area contributed by atoms with Crippen LogP contribution in [-0.4, -0.2) is 50.3 Å². The second-order valence-electron chi connectivity index (χ2n) is 4.39. The van der Waals surface area contributed by atoms with Gasteiger partial charge in [0, 0.05) is 18.5 Å². The van der Waals surface area contributed by atoms with E-state index in [4.69, 9.17) is 11.2 Å². The normalized spacial score (nSPS) is 24.9. The van der Waals surface area contributed by atoms with Crippen molar-refractivity contribution in [3.63, 3.8) is 0 Å². The van der Waals surface area contributed by atoms with Crippen molar-refractivity contribution in [1.82, 2.24) is 10.2 Å². The SMILES string of the molecule is C#CCN(CC)CC1COCC1NCCC. The van der Waals surface area contributed by atoms with Gasteiger partial charge in [-0.05, 0) is 19.5 Å². The number of nitrogens with zero attached hydrogens (tertiary/aromatic N) is 1. The van der Waals surface area contributed by atoms with Crippen LogP contribution in [0.25, 0.3) is 0 Å². The molecule has 3 nitrogen and oxygen atoms in total. The zero-order valence-electron chi connectivity index (χ0n) is 10.5. The highest BCUT2D eigenvalue weighted by molar-refractivity contribution is 4.90. The third kappa shape index (κ3) is 4.13. The lowest BCUT2D eigenvalue weighted by molar-refractivity contribution is 0.172. The molecule has 1 heterocycles. The second kappa shape index (κ2) is 7.67. The molecule has 1 N–H and O–H groups in total. The van der Waals surface area contributed by atoms with Crippen molar-refractivity contribution < 1.29 is 4.74 Å². The zero-order valence-corrected chi connectivity index (χ0v) is 10.5. The van der Waals surface area contributed by atoms with Gasteiger partial charge in [0.15, 0.2) is 0 Å². The predicted octanol–water partition coefficient (Wildman–Crippen LogP) is 0.956. The van der Waals surface area contributed by atoms with E-state index in [-0.39, 0.29) is 0 Å². The van der Waals surface area contributed by atoms with E-state index in [2.05, 4.69) is 30.0 Å². The molecule has 0 aromatic rings. The molecule has 0 radical (unpaired) electrons. The molecule has 0 spiro atoms. The highest BCUT2D eigenvalue weighted by Gasteiger charge is 2.28. The number of rotatable bonds is 7. The third-order valence-electron chi connectivity index (χ3n) is 3.11. The minimum absolute atomic E-state index is 0.506. The first-order valence-electron chi connectivity index (χ1n) is 6.28. The van der Waals surface area contributed by atoms with Gasteiger partial charge in [-0.15, -0.1) is 6.42 Å². The van der Waals surface area contributed by atoms with Crippen molar-refractivity contribution >= 4 is 0 Å². The molecule has 1 rings (SSSR count). The topological polar surface area (TPSA) is 24.5 Å². The summed E-state index contributed by atoms with van der Waals surface area (Å²) < 4.78 is 5.55. The predicted molar refractivity (Wildman–Crippen MR) is 67.3 cm³/mol. The van der Waals surface area contributed by atoms with Crippen molar-refractivity contribution in [3.8, 4) is 12.3 Å². The van der Waals surface area contributed by atoms with Gasteiger partial charge in [-0.1, -0.05) is 19.8 Å². The molecule has 92 valence electrons. The van der Waals surface area contributed by atoms with Crippen LogP contribution in [0.1, 0.15) is 20.3 Å². The summed E-state index contributed by atoms with van der Waals surface area (Å²) in [6.07, 6.45) is 6.53. The van der Waals surface area contributed by atoms with E-state index in [1.807, 2.05) is 0 Å². The van der Waals surface area contributed by atoms with Gasteiger partial charge in [0.2, 0.25) is 0 Å². The molecule has 3 heteroatoms.